The lowest BCUT2D eigenvalue weighted by atomic mass is 10.0. The van der Waals surface area contributed by atoms with Gasteiger partial charge in [0.2, 0.25) is 0 Å². The second kappa shape index (κ2) is 3.37. The number of ether oxygens (including phenoxy) is 1. The van der Waals surface area contributed by atoms with E-state index in [1.54, 1.807) is 18.2 Å². The van der Waals surface area contributed by atoms with Crippen LogP contribution in [0.15, 0.2) is 18.2 Å². The van der Waals surface area contributed by atoms with Gasteiger partial charge in [0, 0.05) is 0 Å². The number of hydrogen-bond donors (Lipinski definition) is 1. The van der Waals surface area contributed by atoms with Gasteiger partial charge in [0.15, 0.2) is 6.10 Å². The quantitative estimate of drug-likeness (QED) is 0.737. The summed E-state index contributed by atoms with van der Waals surface area (Å²) in [4.78, 5) is 10.6. The Hall–Kier alpha value is -1.86. The molecule has 2 rings (SSSR count). The molecule has 1 aliphatic heterocycles. The molecule has 15 heavy (non-hydrogen) atoms. The number of epoxide rings is 1. The monoisotopic (exact) mass is 203 g/mol. The summed E-state index contributed by atoms with van der Waals surface area (Å²) in [5.74, 6) is -0.943. The highest BCUT2D eigenvalue weighted by molar-refractivity contribution is 5.76. The highest BCUT2D eigenvalue weighted by atomic mass is 16.6. The fraction of sp³-hybridized carbons (Fsp3) is 0.273. The zero-order chi connectivity index (χ0) is 11.0. The minimum Gasteiger partial charge on any atom is -0.479 e. The number of carboxylic acid groups (broad SMARTS) is 1. The van der Waals surface area contributed by atoms with Gasteiger partial charge in [0.05, 0.1) is 11.6 Å². The molecule has 0 spiro atoms. The molecule has 0 bridgehead atoms. The van der Waals surface area contributed by atoms with Crippen molar-refractivity contribution < 1.29 is 14.6 Å². The van der Waals surface area contributed by atoms with Crippen molar-refractivity contribution in [1.82, 2.24) is 0 Å². The number of nitrogens with zero attached hydrogens (tertiary/aromatic N) is 1. The fourth-order valence-corrected chi connectivity index (χ4v) is 1.54. The van der Waals surface area contributed by atoms with Gasteiger partial charge < -0.3 is 9.84 Å². The van der Waals surface area contributed by atoms with Gasteiger partial charge in [-0.05, 0) is 24.1 Å². The first-order valence-corrected chi connectivity index (χ1v) is 4.52. The number of aliphatic carboxylic acids is 1. The Kier molecular flexibility index (Phi) is 2.18. The van der Waals surface area contributed by atoms with Crippen molar-refractivity contribution >= 4 is 5.97 Å². The van der Waals surface area contributed by atoms with E-state index in [0.29, 0.717) is 5.56 Å². The standard InChI is InChI=1S/C11H9NO3/c1-6-4-7(2-3-8(6)5-12)9-10(15-9)11(13)14/h2-4,9-10H,1H3,(H,13,14). The maximum absolute atomic E-state index is 10.6. The molecule has 0 aliphatic carbocycles. The lowest BCUT2D eigenvalue weighted by Crippen LogP contribution is -2.05. The van der Waals surface area contributed by atoms with Gasteiger partial charge in [0.25, 0.3) is 0 Å². The third-order valence-corrected chi connectivity index (χ3v) is 2.43. The van der Waals surface area contributed by atoms with E-state index in [4.69, 9.17) is 15.1 Å². The van der Waals surface area contributed by atoms with Crippen LogP contribution in [0.25, 0.3) is 0 Å². The number of nitriles is 1. The number of hydrogen-bond acceptors (Lipinski definition) is 3. The van der Waals surface area contributed by atoms with Crippen molar-refractivity contribution in [3.63, 3.8) is 0 Å². The van der Waals surface area contributed by atoms with E-state index in [-0.39, 0.29) is 6.10 Å². The number of benzene rings is 1. The molecule has 2 atom stereocenters. The van der Waals surface area contributed by atoms with Crippen LogP contribution in [0.5, 0.6) is 0 Å². The van der Waals surface area contributed by atoms with Gasteiger partial charge in [-0.25, -0.2) is 4.79 Å². The summed E-state index contributed by atoms with van der Waals surface area (Å²) in [6.07, 6.45) is -1.08. The first kappa shape index (κ1) is 9.69. The molecule has 1 aromatic rings. The van der Waals surface area contributed by atoms with Crippen molar-refractivity contribution in [2.75, 3.05) is 0 Å². The van der Waals surface area contributed by atoms with Crippen LogP contribution in [-0.4, -0.2) is 17.2 Å². The normalized spacial score (nSPS) is 23.2. The maximum Gasteiger partial charge on any atom is 0.335 e. The molecule has 4 nitrogen and oxygen atoms in total. The predicted molar refractivity (Wildman–Crippen MR) is 51.1 cm³/mol. The molecule has 0 amide bonds. The zero-order valence-corrected chi connectivity index (χ0v) is 8.10. The summed E-state index contributed by atoms with van der Waals surface area (Å²) < 4.78 is 5.01. The van der Waals surface area contributed by atoms with E-state index in [2.05, 4.69) is 6.07 Å². The smallest absolute Gasteiger partial charge is 0.335 e. The van der Waals surface area contributed by atoms with Crippen molar-refractivity contribution in [2.24, 2.45) is 0 Å². The molecule has 0 aromatic heterocycles. The van der Waals surface area contributed by atoms with Crippen LogP contribution in [-0.2, 0) is 9.53 Å². The van der Waals surface area contributed by atoms with E-state index < -0.39 is 12.1 Å². The number of aryl methyl sites for hydroxylation is 1. The van der Waals surface area contributed by atoms with Gasteiger partial charge in [0.1, 0.15) is 6.10 Å². The van der Waals surface area contributed by atoms with Crippen LogP contribution in [0.3, 0.4) is 0 Å². The predicted octanol–water partition coefficient (Wildman–Crippen LogP) is 1.39. The molecule has 1 N–H and O–H groups in total. The van der Waals surface area contributed by atoms with E-state index >= 15 is 0 Å². The highest BCUT2D eigenvalue weighted by Crippen LogP contribution is 2.39. The van der Waals surface area contributed by atoms with Gasteiger partial charge in [-0.15, -0.1) is 0 Å². The van der Waals surface area contributed by atoms with Crippen molar-refractivity contribution in [3.05, 3.63) is 34.9 Å². The van der Waals surface area contributed by atoms with E-state index in [1.807, 2.05) is 6.92 Å². The van der Waals surface area contributed by atoms with Crippen LogP contribution in [0.4, 0.5) is 0 Å². The minimum absolute atomic E-state index is 0.353. The largest absolute Gasteiger partial charge is 0.479 e. The summed E-state index contributed by atoms with van der Waals surface area (Å²) in [6.45, 7) is 1.82. The number of carboxylic acids is 1. The number of carbonyl (C=O) groups is 1. The third kappa shape index (κ3) is 1.69. The summed E-state index contributed by atoms with van der Waals surface area (Å²) in [6, 6.07) is 7.28. The number of rotatable bonds is 2. The highest BCUT2D eigenvalue weighted by Gasteiger charge is 2.46. The molecule has 1 saturated heterocycles. The van der Waals surface area contributed by atoms with Gasteiger partial charge in [-0.2, -0.15) is 5.26 Å². The maximum atomic E-state index is 10.6. The van der Waals surface area contributed by atoms with Crippen LogP contribution in [0.1, 0.15) is 22.8 Å². The SMILES string of the molecule is Cc1cc(C2OC2C(=O)O)ccc1C#N. The second-order valence-corrected chi connectivity index (χ2v) is 3.50. The Labute approximate surface area is 86.7 Å². The first-order chi connectivity index (χ1) is 7.13. The van der Waals surface area contributed by atoms with Crippen LogP contribution in [0, 0.1) is 18.3 Å². The van der Waals surface area contributed by atoms with Crippen molar-refractivity contribution in [3.8, 4) is 6.07 Å². The molecular formula is C11H9NO3. The summed E-state index contributed by atoms with van der Waals surface area (Å²) in [5.41, 5.74) is 2.26. The zero-order valence-electron chi connectivity index (χ0n) is 8.10. The minimum atomic E-state index is -0.943. The molecule has 1 aromatic carbocycles. The fourth-order valence-electron chi connectivity index (χ4n) is 1.54. The van der Waals surface area contributed by atoms with Crippen molar-refractivity contribution in [1.29, 1.82) is 5.26 Å². The van der Waals surface area contributed by atoms with Gasteiger partial charge in [-0.3, -0.25) is 0 Å². The van der Waals surface area contributed by atoms with E-state index in [9.17, 15) is 4.79 Å². The Balaban J connectivity index is 2.23. The van der Waals surface area contributed by atoms with Crippen LogP contribution < -0.4 is 0 Å². The van der Waals surface area contributed by atoms with Crippen molar-refractivity contribution in [2.45, 2.75) is 19.1 Å². The van der Waals surface area contributed by atoms with Gasteiger partial charge >= 0.3 is 5.97 Å². The first-order valence-electron chi connectivity index (χ1n) is 4.52. The molecule has 1 aliphatic rings. The Morgan fingerprint density at radius 3 is 2.80 bits per heavy atom. The van der Waals surface area contributed by atoms with Crippen LogP contribution >= 0.6 is 0 Å². The van der Waals surface area contributed by atoms with E-state index in [0.717, 1.165) is 11.1 Å². The molecule has 4 heteroatoms. The molecule has 2 unspecified atom stereocenters. The molecule has 76 valence electrons. The van der Waals surface area contributed by atoms with Crippen LogP contribution in [0.2, 0.25) is 0 Å². The molecule has 0 saturated carbocycles. The Morgan fingerprint density at radius 1 is 1.60 bits per heavy atom. The van der Waals surface area contributed by atoms with Gasteiger partial charge in [-0.1, -0.05) is 12.1 Å². The molecule has 1 heterocycles. The summed E-state index contributed by atoms with van der Waals surface area (Å²) in [7, 11) is 0. The third-order valence-electron chi connectivity index (χ3n) is 2.43. The Bertz CT molecular complexity index is 461. The second-order valence-electron chi connectivity index (χ2n) is 3.50. The molecule has 0 radical (unpaired) electrons. The molecule has 1 fully saturated rings. The Morgan fingerprint density at radius 2 is 2.33 bits per heavy atom. The topological polar surface area (TPSA) is 73.6 Å². The summed E-state index contributed by atoms with van der Waals surface area (Å²) in [5, 5.41) is 17.4. The lowest BCUT2D eigenvalue weighted by molar-refractivity contribution is -0.138. The summed E-state index contributed by atoms with van der Waals surface area (Å²) >= 11 is 0. The molecular weight excluding hydrogens is 194 g/mol. The lowest BCUT2D eigenvalue weighted by Gasteiger charge is -1.99. The van der Waals surface area contributed by atoms with E-state index in [1.165, 1.54) is 0 Å². The average molecular weight is 203 g/mol. The average Bonchev–Trinajstić information content (AvgIpc) is 2.97.